The van der Waals surface area contributed by atoms with E-state index in [4.69, 9.17) is 15.7 Å². The zero-order chi connectivity index (χ0) is 14.3. The van der Waals surface area contributed by atoms with Crippen LogP contribution in [-0.4, -0.2) is 18.3 Å². The molecule has 1 aromatic rings. The standard InChI is InChI=1S/C13H12BrN3O2/c1-2-19-13(18)11(7-15)12(8-16)17-10-5-3-9(14)4-6-10/h3-7H,2,15H2,1H3/b11-7+,17-12?. The van der Waals surface area contributed by atoms with E-state index in [2.05, 4.69) is 20.9 Å². The smallest absolute Gasteiger partial charge is 0.342 e. The Labute approximate surface area is 119 Å². The van der Waals surface area contributed by atoms with Crippen molar-refractivity contribution in [2.75, 3.05) is 6.61 Å². The van der Waals surface area contributed by atoms with Crippen molar-refractivity contribution in [3.05, 3.63) is 40.5 Å². The van der Waals surface area contributed by atoms with Gasteiger partial charge >= 0.3 is 5.97 Å². The molecule has 19 heavy (non-hydrogen) atoms. The predicted molar refractivity (Wildman–Crippen MR) is 75.8 cm³/mol. The highest BCUT2D eigenvalue weighted by Gasteiger charge is 2.16. The van der Waals surface area contributed by atoms with Gasteiger partial charge in [-0.15, -0.1) is 0 Å². The molecular formula is C13H12BrN3O2. The van der Waals surface area contributed by atoms with Crippen LogP contribution in [0.4, 0.5) is 5.69 Å². The second kappa shape index (κ2) is 7.34. The largest absolute Gasteiger partial charge is 0.462 e. The molecule has 1 aromatic carbocycles. The minimum Gasteiger partial charge on any atom is -0.462 e. The molecule has 0 aliphatic carbocycles. The summed E-state index contributed by atoms with van der Waals surface area (Å²) in [4.78, 5) is 15.7. The zero-order valence-electron chi connectivity index (χ0n) is 10.3. The fourth-order valence-corrected chi connectivity index (χ4v) is 1.51. The third-order valence-corrected chi connectivity index (χ3v) is 2.62. The number of benzene rings is 1. The van der Waals surface area contributed by atoms with Crippen LogP contribution in [0.15, 0.2) is 45.5 Å². The second-order valence-corrected chi connectivity index (χ2v) is 4.27. The van der Waals surface area contributed by atoms with Crippen molar-refractivity contribution in [1.29, 1.82) is 5.26 Å². The van der Waals surface area contributed by atoms with Gasteiger partial charge in [0.2, 0.25) is 0 Å². The van der Waals surface area contributed by atoms with Gasteiger partial charge in [0.05, 0.1) is 12.3 Å². The van der Waals surface area contributed by atoms with Crippen LogP contribution in [-0.2, 0) is 9.53 Å². The van der Waals surface area contributed by atoms with E-state index < -0.39 is 5.97 Å². The average molecular weight is 322 g/mol. The van der Waals surface area contributed by atoms with Gasteiger partial charge in [-0.05, 0) is 31.2 Å². The molecular weight excluding hydrogens is 310 g/mol. The van der Waals surface area contributed by atoms with E-state index in [9.17, 15) is 4.79 Å². The highest BCUT2D eigenvalue weighted by Crippen LogP contribution is 2.18. The van der Waals surface area contributed by atoms with Crippen LogP contribution in [0.25, 0.3) is 0 Å². The van der Waals surface area contributed by atoms with E-state index in [0.717, 1.165) is 10.7 Å². The number of halogens is 1. The quantitative estimate of drug-likeness (QED) is 0.524. The third kappa shape index (κ3) is 4.23. The van der Waals surface area contributed by atoms with Crippen LogP contribution in [0.3, 0.4) is 0 Å². The first-order valence-corrected chi connectivity index (χ1v) is 6.25. The maximum atomic E-state index is 11.6. The molecule has 0 aliphatic heterocycles. The summed E-state index contributed by atoms with van der Waals surface area (Å²) in [5.41, 5.74) is 5.77. The summed E-state index contributed by atoms with van der Waals surface area (Å²) in [6.07, 6.45) is 1.03. The summed E-state index contributed by atoms with van der Waals surface area (Å²) >= 11 is 3.30. The average Bonchev–Trinajstić information content (AvgIpc) is 2.41. The van der Waals surface area contributed by atoms with E-state index in [1.807, 2.05) is 6.07 Å². The minimum atomic E-state index is -0.664. The summed E-state index contributed by atoms with van der Waals surface area (Å²) in [5, 5.41) is 9.07. The Morgan fingerprint density at radius 2 is 2.16 bits per heavy atom. The van der Waals surface area contributed by atoms with Gasteiger partial charge in [0.25, 0.3) is 0 Å². The monoisotopic (exact) mass is 321 g/mol. The molecule has 0 unspecified atom stereocenters. The van der Waals surface area contributed by atoms with Crippen molar-refractivity contribution in [2.24, 2.45) is 10.7 Å². The second-order valence-electron chi connectivity index (χ2n) is 3.35. The maximum Gasteiger partial charge on any atom is 0.342 e. The lowest BCUT2D eigenvalue weighted by Gasteiger charge is -2.04. The number of esters is 1. The van der Waals surface area contributed by atoms with Crippen molar-refractivity contribution in [3.8, 4) is 6.07 Å². The van der Waals surface area contributed by atoms with E-state index in [1.54, 1.807) is 31.2 Å². The lowest BCUT2D eigenvalue weighted by molar-refractivity contribution is -0.137. The maximum absolute atomic E-state index is 11.6. The van der Waals surface area contributed by atoms with Crippen LogP contribution in [0.2, 0.25) is 0 Å². The minimum absolute atomic E-state index is 0.0488. The lowest BCUT2D eigenvalue weighted by Crippen LogP contribution is -2.16. The summed E-state index contributed by atoms with van der Waals surface area (Å²) in [5.74, 6) is -0.664. The summed E-state index contributed by atoms with van der Waals surface area (Å²) < 4.78 is 5.70. The van der Waals surface area contributed by atoms with Crippen molar-refractivity contribution >= 4 is 33.3 Å². The molecule has 0 atom stereocenters. The lowest BCUT2D eigenvalue weighted by atomic mass is 10.2. The molecule has 0 radical (unpaired) electrons. The highest BCUT2D eigenvalue weighted by atomic mass is 79.9. The van der Waals surface area contributed by atoms with Crippen LogP contribution in [0.5, 0.6) is 0 Å². The molecule has 0 saturated heterocycles. The number of rotatable bonds is 4. The molecule has 0 saturated carbocycles. The van der Waals surface area contributed by atoms with Gasteiger partial charge in [-0.25, -0.2) is 9.79 Å². The van der Waals surface area contributed by atoms with Gasteiger partial charge in [-0.2, -0.15) is 5.26 Å². The Morgan fingerprint density at radius 1 is 1.53 bits per heavy atom. The van der Waals surface area contributed by atoms with Gasteiger partial charge in [0, 0.05) is 10.7 Å². The first kappa shape index (κ1) is 14.9. The van der Waals surface area contributed by atoms with Gasteiger partial charge in [0.1, 0.15) is 11.6 Å². The number of hydrogen-bond acceptors (Lipinski definition) is 5. The van der Waals surface area contributed by atoms with Crippen molar-refractivity contribution in [2.45, 2.75) is 6.92 Å². The molecule has 0 aliphatic rings. The fourth-order valence-electron chi connectivity index (χ4n) is 1.24. The van der Waals surface area contributed by atoms with E-state index in [0.29, 0.717) is 5.69 Å². The molecule has 0 heterocycles. The van der Waals surface area contributed by atoms with Crippen molar-refractivity contribution in [3.63, 3.8) is 0 Å². The number of nitrogens with zero attached hydrogens (tertiary/aromatic N) is 2. The SMILES string of the molecule is CCOC(=O)/C(=C/N)C(C#N)=Nc1ccc(Br)cc1. The molecule has 98 valence electrons. The van der Waals surface area contributed by atoms with Gasteiger partial charge in [-0.1, -0.05) is 15.9 Å². The normalized spacial score (nSPS) is 11.8. The number of ether oxygens (including phenoxy) is 1. The Bertz CT molecular complexity index is 556. The fraction of sp³-hybridized carbons (Fsp3) is 0.154. The molecule has 2 N–H and O–H groups in total. The topological polar surface area (TPSA) is 88.5 Å². The Hall–Kier alpha value is -2.13. The Kier molecular flexibility index (Phi) is 5.76. The molecule has 0 aromatic heterocycles. The first-order chi connectivity index (χ1) is 9.12. The molecule has 6 heteroatoms. The molecule has 0 fully saturated rings. The van der Waals surface area contributed by atoms with Crippen LogP contribution in [0.1, 0.15) is 6.92 Å². The summed E-state index contributed by atoms with van der Waals surface area (Å²) in [7, 11) is 0. The predicted octanol–water partition coefficient (Wildman–Crippen LogP) is 2.45. The van der Waals surface area contributed by atoms with Crippen LogP contribution >= 0.6 is 15.9 Å². The molecule has 0 spiro atoms. The number of aliphatic imine (C=N–C) groups is 1. The highest BCUT2D eigenvalue weighted by molar-refractivity contribution is 9.10. The number of hydrogen-bond donors (Lipinski definition) is 1. The van der Waals surface area contributed by atoms with Gasteiger partial charge in [0.15, 0.2) is 5.71 Å². The van der Waals surface area contributed by atoms with Gasteiger partial charge in [-0.3, -0.25) is 0 Å². The van der Waals surface area contributed by atoms with Crippen molar-refractivity contribution in [1.82, 2.24) is 0 Å². The van der Waals surface area contributed by atoms with Crippen LogP contribution in [0, 0.1) is 11.3 Å². The first-order valence-electron chi connectivity index (χ1n) is 5.46. The third-order valence-electron chi connectivity index (χ3n) is 2.09. The zero-order valence-corrected chi connectivity index (χ0v) is 11.8. The van der Waals surface area contributed by atoms with E-state index in [-0.39, 0.29) is 17.9 Å². The summed E-state index contributed by atoms with van der Waals surface area (Å²) in [6.45, 7) is 1.87. The number of carbonyl (C=O) groups excluding carboxylic acids is 1. The number of nitrogens with two attached hydrogens (primary N) is 1. The molecule has 0 amide bonds. The Morgan fingerprint density at radius 3 is 2.63 bits per heavy atom. The number of carbonyl (C=O) groups is 1. The van der Waals surface area contributed by atoms with E-state index in [1.165, 1.54) is 0 Å². The molecule has 5 nitrogen and oxygen atoms in total. The van der Waals surface area contributed by atoms with Gasteiger partial charge < -0.3 is 10.5 Å². The van der Waals surface area contributed by atoms with E-state index >= 15 is 0 Å². The van der Waals surface area contributed by atoms with Crippen LogP contribution < -0.4 is 5.73 Å². The summed E-state index contributed by atoms with van der Waals surface area (Å²) in [6, 6.07) is 8.83. The molecule has 0 bridgehead atoms. The Balaban J connectivity index is 3.09. The number of nitriles is 1. The molecule has 1 rings (SSSR count). The van der Waals surface area contributed by atoms with Crippen molar-refractivity contribution < 1.29 is 9.53 Å².